The number of guanidine groups is 1. The van der Waals surface area contributed by atoms with E-state index in [1.54, 1.807) is 20.4 Å². The van der Waals surface area contributed by atoms with Crippen molar-refractivity contribution >= 4 is 12.7 Å². The summed E-state index contributed by atoms with van der Waals surface area (Å²) in [5, 5.41) is 18.1. The van der Waals surface area contributed by atoms with E-state index >= 15 is 0 Å². The fourth-order valence-electron chi connectivity index (χ4n) is 4.31. The maximum Gasteiger partial charge on any atom is 0.240 e. The first kappa shape index (κ1) is 25.9. The molecule has 0 bridgehead atoms. The first-order valence-electron chi connectivity index (χ1n) is 11.8. The molecule has 34 heavy (non-hydrogen) atoms. The summed E-state index contributed by atoms with van der Waals surface area (Å²) in [5.74, 6) is 1.28. The molecule has 2 heterocycles. The second-order valence-corrected chi connectivity index (χ2v) is 8.69. The van der Waals surface area contributed by atoms with Crippen LogP contribution in [-0.2, 0) is 9.47 Å². The van der Waals surface area contributed by atoms with E-state index in [1.807, 2.05) is 30.7 Å². The van der Waals surface area contributed by atoms with Crippen molar-refractivity contribution in [1.29, 1.82) is 0 Å². The molecule has 2 aromatic heterocycles. The molecular weight excluding hydrogens is 434 g/mol. The van der Waals surface area contributed by atoms with Gasteiger partial charge in [0.1, 0.15) is 6.61 Å². The first-order valence-corrected chi connectivity index (χ1v) is 11.8. The Labute approximate surface area is 201 Å². The van der Waals surface area contributed by atoms with Crippen molar-refractivity contribution in [2.75, 3.05) is 34.0 Å². The molecular formula is C25H37N5O4. The number of nitrogens with one attached hydrogen (secondary N) is 1. The molecule has 0 radical (unpaired) electrons. The fourth-order valence-corrected chi connectivity index (χ4v) is 4.31. The number of rotatable bonds is 10. The molecule has 2 aromatic rings. The van der Waals surface area contributed by atoms with Crippen LogP contribution in [0.1, 0.15) is 49.9 Å². The number of hydrogen-bond donors (Lipinski definition) is 2. The van der Waals surface area contributed by atoms with Crippen LogP contribution in [0.2, 0.25) is 0 Å². The average molecular weight is 472 g/mol. The highest BCUT2D eigenvalue weighted by Gasteiger charge is 2.26. The second-order valence-electron chi connectivity index (χ2n) is 8.69. The number of aliphatic imine (C=N–C) groups is 1. The molecule has 9 nitrogen and oxygen atoms in total. The van der Waals surface area contributed by atoms with Gasteiger partial charge >= 0.3 is 0 Å². The molecule has 186 valence electrons. The largest absolute Gasteiger partial charge is 0.475 e. The highest BCUT2D eigenvalue weighted by molar-refractivity contribution is 5.84. The maximum atomic E-state index is 10.0. The van der Waals surface area contributed by atoms with Gasteiger partial charge in [-0.3, -0.25) is 0 Å². The minimum absolute atomic E-state index is 0.0323. The Balaban J connectivity index is 2.00. The molecule has 0 aliphatic heterocycles. The Bertz CT molecular complexity index is 966. The third-order valence-electron chi connectivity index (χ3n) is 6.08. The summed E-state index contributed by atoms with van der Waals surface area (Å²) in [6, 6.07) is 6.13. The number of aliphatic hydroxyl groups excluding tert-OH is 1. The van der Waals surface area contributed by atoms with Crippen LogP contribution in [0.5, 0.6) is 5.88 Å². The van der Waals surface area contributed by atoms with Gasteiger partial charge in [-0.2, -0.15) is 0 Å². The Hall–Kier alpha value is -2.75. The Morgan fingerprint density at radius 3 is 2.68 bits per heavy atom. The summed E-state index contributed by atoms with van der Waals surface area (Å²) < 4.78 is 18.0. The smallest absolute Gasteiger partial charge is 0.240 e. The second kappa shape index (κ2) is 12.6. The lowest BCUT2D eigenvalue weighted by Gasteiger charge is -2.26. The Morgan fingerprint density at radius 1 is 1.24 bits per heavy atom. The Kier molecular flexibility index (Phi) is 9.62. The fraction of sp³-hybridized carbons (Fsp3) is 0.560. The predicted molar refractivity (Wildman–Crippen MR) is 134 cm³/mol. The van der Waals surface area contributed by atoms with E-state index in [0.29, 0.717) is 37.6 Å². The summed E-state index contributed by atoms with van der Waals surface area (Å²) in [7, 11) is 3.30. The number of aliphatic hydroxyl groups is 1. The van der Waals surface area contributed by atoms with Gasteiger partial charge in [0.2, 0.25) is 11.8 Å². The number of methoxy groups -OCH3 is 2. The monoisotopic (exact) mass is 471 g/mol. The molecule has 1 aliphatic rings. The van der Waals surface area contributed by atoms with Crippen molar-refractivity contribution < 1.29 is 19.3 Å². The number of ether oxygens (including phenoxy) is 3. The van der Waals surface area contributed by atoms with Crippen LogP contribution in [-0.4, -0.2) is 73.6 Å². The molecule has 1 atom stereocenters. The molecule has 1 fully saturated rings. The van der Waals surface area contributed by atoms with Gasteiger partial charge in [0, 0.05) is 55.4 Å². The molecule has 3 rings (SSSR count). The van der Waals surface area contributed by atoms with E-state index in [0.717, 1.165) is 48.2 Å². The Morgan fingerprint density at radius 2 is 2.00 bits per heavy atom. The quantitative estimate of drug-likeness (QED) is 0.313. The molecule has 0 aromatic carbocycles. The maximum absolute atomic E-state index is 10.0. The summed E-state index contributed by atoms with van der Waals surface area (Å²) >= 11 is 0. The SMILES string of the molecule is C=N/C(=N\n1c(C)c(-c2ccnc(OCCOC)c2)cc1[C@H]1CC[C@H](O)CC1)N[C@@H](C)COC. The molecule has 0 amide bonds. The number of nitrogens with zero attached hydrogens (tertiary/aromatic N) is 4. The van der Waals surface area contributed by atoms with E-state index in [9.17, 15) is 5.11 Å². The van der Waals surface area contributed by atoms with E-state index in [1.165, 1.54) is 0 Å². The topological polar surface area (TPSA) is 102 Å². The van der Waals surface area contributed by atoms with Crippen molar-refractivity contribution in [2.45, 2.75) is 57.6 Å². The number of aromatic nitrogens is 2. The van der Waals surface area contributed by atoms with Crippen molar-refractivity contribution in [2.24, 2.45) is 10.1 Å². The molecule has 2 N–H and O–H groups in total. The molecule has 0 spiro atoms. The lowest BCUT2D eigenvalue weighted by Crippen LogP contribution is -2.35. The molecule has 1 aliphatic carbocycles. The van der Waals surface area contributed by atoms with Crippen LogP contribution in [0.15, 0.2) is 34.5 Å². The van der Waals surface area contributed by atoms with Crippen molar-refractivity contribution in [1.82, 2.24) is 15.0 Å². The minimum atomic E-state index is -0.224. The number of hydrogen-bond acceptors (Lipinski definition) is 6. The van der Waals surface area contributed by atoms with Crippen molar-refractivity contribution in [3.05, 3.63) is 35.8 Å². The van der Waals surface area contributed by atoms with Crippen LogP contribution in [0.4, 0.5) is 0 Å². The molecule has 1 saturated carbocycles. The molecule has 0 unspecified atom stereocenters. The lowest BCUT2D eigenvalue weighted by atomic mass is 9.85. The molecule has 9 heteroatoms. The van der Waals surface area contributed by atoms with E-state index in [2.05, 4.69) is 28.1 Å². The molecule has 0 saturated heterocycles. The van der Waals surface area contributed by atoms with Gasteiger partial charge in [-0.25, -0.2) is 14.7 Å². The first-order chi connectivity index (χ1) is 16.5. The zero-order chi connectivity index (χ0) is 24.5. The van der Waals surface area contributed by atoms with E-state index < -0.39 is 0 Å². The zero-order valence-corrected chi connectivity index (χ0v) is 20.7. The highest BCUT2D eigenvalue weighted by atomic mass is 16.5. The number of pyridine rings is 1. The van der Waals surface area contributed by atoms with E-state index in [4.69, 9.17) is 19.3 Å². The highest BCUT2D eigenvalue weighted by Crippen LogP contribution is 2.38. The third-order valence-corrected chi connectivity index (χ3v) is 6.08. The van der Waals surface area contributed by atoms with Gasteiger partial charge in [0.05, 0.1) is 19.3 Å². The summed E-state index contributed by atoms with van der Waals surface area (Å²) in [5.41, 5.74) is 4.13. The zero-order valence-electron chi connectivity index (χ0n) is 20.7. The summed E-state index contributed by atoms with van der Waals surface area (Å²) in [6.45, 7) is 9.21. The van der Waals surface area contributed by atoms with Crippen LogP contribution < -0.4 is 10.1 Å². The predicted octanol–water partition coefficient (Wildman–Crippen LogP) is 3.35. The minimum Gasteiger partial charge on any atom is -0.475 e. The summed E-state index contributed by atoms with van der Waals surface area (Å²) in [6.07, 6.45) is 4.92. The van der Waals surface area contributed by atoms with Gasteiger partial charge in [-0.05, 0) is 63.9 Å². The van der Waals surface area contributed by atoms with Crippen LogP contribution in [0, 0.1) is 6.92 Å². The van der Waals surface area contributed by atoms with Crippen LogP contribution in [0.25, 0.3) is 11.1 Å². The van der Waals surface area contributed by atoms with E-state index in [-0.39, 0.29) is 12.1 Å². The van der Waals surface area contributed by atoms with Gasteiger partial charge in [-0.1, -0.05) is 0 Å². The van der Waals surface area contributed by atoms with Crippen molar-refractivity contribution in [3.8, 4) is 17.0 Å². The third kappa shape index (κ3) is 6.65. The van der Waals surface area contributed by atoms with Gasteiger partial charge in [-0.15, -0.1) is 5.10 Å². The van der Waals surface area contributed by atoms with Gasteiger partial charge < -0.3 is 24.6 Å². The average Bonchev–Trinajstić information content (AvgIpc) is 3.15. The normalized spacial score (nSPS) is 19.6. The standard InChI is InChI=1S/C25H37N5O4/c1-17(16-33-5)28-25(26-3)29-30-18(2)22(15-23(30)19-6-8-21(31)9-7-19)20-10-11-27-24(14-20)34-13-12-32-4/h10-11,14-15,17,19,21,31H,3,6-9,12-13,16H2,1-2,4-5H3,(H,28,29)/t17-,19-,21-/m0/s1. The van der Waals surface area contributed by atoms with Gasteiger partial charge in [0.25, 0.3) is 0 Å². The lowest BCUT2D eigenvalue weighted by molar-refractivity contribution is 0.121. The van der Waals surface area contributed by atoms with Crippen LogP contribution >= 0.6 is 0 Å². The van der Waals surface area contributed by atoms with Crippen molar-refractivity contribution in [3.63, 3.8) is 0 Å². The van der Waals surface area contributed by atoms with Gasteiger partial charge in [0.15, 0.2) is 0 Å². The van der Waals surface area contributed by atoms with Crippen LogP contribution in [0.3, 0.4) is 0 Å². The summed E-state index contributed by atoms with van der Waals surface area (Å²) in [4.78, 5) is 8.43.